The van der Waals surface area contributed by atoms with E-state index in [2.05, 4.69) is 12.2 Å². The highest BCUT2D eigenvalue weighted by Crippen LogP contribution is 2.31. The highest BCUT2D eigenvalue weighted by molar-refractivity contribution is 5.74. The van der Waals surface area contributed by atoms with Gasteiger partial charge in [-0.3, -0.25) is 4.79 Å². The predicted octanol–water partition coefficient (Wildman–Crippen LogP) is 3.83. The average molecular weight is 269 g/mol. The topological polar surface area (TPSA) is 49.3 Å². The highest BCUT2D eigenvalue weighted by atomic mass is 16.4. The lowest BCUT2D eigenvalue weighted by Crippen LogP contribution is -2.46. The first kappa shape index (κ1) is 16.5. The first-order valence-corrected chi connectivity index (χ1v) is 8.06. The molecular weight excluding hydrogens is 238 g/mol. The number of rotatable bonds is 9. The molecule has 1 rings (SSSR count). The Hall–Kier alpha value is -0.570. The quantitative estimate of drug-likeness (QED) is 0.669. The third-order valence-corrected chi connectivity index (χ3v) is 5.08. The summed E-state index contributed by atoms with van der Waals surface area (Å²) < 4.78 is 0. The van der Waals surface area contributed by atoms with Crippen LogP contribution < -0.4 is 5.32 Å². The summed E-state index contributed by atoms with van der Waals surface area (Å²) in [5, 5.41) is 13.1. The zero-order valence-electron chi connectivity index (χ0n) is 12.9. The summed E-state index contributed by atoms with van der Waals surface area (Å²) in [6.45, 7) is 6.82. The van der Waals surface area contributed by atoms with E-state index in [9.17, 15) is 9.90 Å². The lowest BCUT2D eigenvalue weighted by atomic mass is 9.81. The fourth-order valence-corrected chi connectivity index (χ4v) is 3.38. The third-order valence-electron chi connectivity index (χ3n) is 5.08. The molecule has 1 aliphatic carbocycles. The molecule has 1 saturated carbocycles. The lowest BCUT2D eigenvalue weighted by Gasteiger charge is -2.32. The summed E-state index contributed by atoms with van der Waals surface area (Å²) in [5.41, 5.74) is -0.579. The van der Waals surface area contributed by atoms with Crippen LogP contribution in [-0.4, -0.2) is 23.7 Å². The van der Waals surface area contributed by atoms with Crippen LogP contribution in [0.15, 0.2) is 0 Å². The van der Waals surface area contributed by atoms with Gasteiger partial charge in [0.1, 0.15) is 0 Å². The van der Waals surface area contributed by atoms with Crippen molar-refractivity contribution < 1.29 is 9.90 Å². The van der Waals surface area contributed by atoms with E-state index in [1.165, 1.54) is 38.5 Å². The standard InChI is InChI=1S/C16H31NO2/c1-4-9-14(13-10-7-8-11-13)17-12-16(5-2,6-3)15(18)19/h13-14,17H,4-12H2,1-3H3,(H,18,19). The average Bonchev–Trinajstić information content (AvgIpc) is 2.92. The molecule has 3 heteroatoms. The molecule has 1 fully saturated rings. The Morgan fingerprint density at radius 2 is 1.84 bits per heavy atom. The Bertz CT molecular complexity index is 268. The maximum Gasteiger partial charge on any atom is 0.310 e. The molecule has 0 aromatic rings. The van der Waals surface area contributed by atoms with Gasteiger partial charge in [0.25, 0.3) is 0 Å². The molecule has 0 saturated heterocycles. The highest BCUT2D eigenvalue weighted by Gasteiger charge is 2.36. The zero-order valence-corrected chi connectivity index (χ0v) is 12.9. The Morgan fingerprint density at radius 1 is 1.26 bits per heavy atom. The molecule has 2 N–H and O–H groups in total. The fourth-order valence-electron chi connectivity index (χ4n) is 3.38. The fraction of sp³-hybridized carbons (Fsp3) is 0.938. The van der Waals surface area contributed by atoms with Crippen LogP contribution in [0.25, 0.3) is 0 Å². The molecule has 0 bridgehead atoms. The van der Waals surface area contributed by atoms with Gasteiger partial charge in [-0.15, -0.1) is 0 Å². The van der Waals surface area contributed by atoms with E-state index in [-0.39, 0.29) is 0 Å². The van der Waals surface area contributed by atoms with E-state index < -0.39 is 11.4 Å². The number of carboxylic acid groups (broad SMARTS) is 1. The molecular formula is C16H31NO2. The van der Waals surface area contributed by atoms with Crippen LogP contribution in [0.3, 0.4) is 0 Å². The summed E-state index contributed by atoms with van der Waals surface area (Å²) in [4.78, 5) is 11.5. The molecule has 0 aromatic carbocycles. The van der Waals surface area contributed by atoms with Gasteiger partial charge >= 0.3 is 5.97 Å². The maximum absolute atomic E-state index is 11.5. The third kappa shape index (κ3) is 4.20. The molecule has 19 heavy (non-hydrogen) atoms. The smallest absolute Gasteiger partial charge is 0.310 e. The molecule has 1 unspecified atom stereocenters. The molecule has 1 atom stereocenters. The molecule has 0 spiro atoms. The van der Waals surface area contributed by atoms with Gasteiger partial charge < -0.3 is 10.4 Å². The van der Waals surface area contributed by atoms with Crippen LogP contribution in [0.4, 0.5) is 0 Å². The van der Waals surface area contributed by atoms with E-state index in [4.69, 9.17) is 0 Å². The summed E-state index contributed by atoms with van der Waals surface area (Å²) in [5.74, 6) is 0.117. The summed E-state index contributed by atoms with van der Waals surface area (Å²) >= 11 is 0. The summed E-state index contributed by atoms with van der Waals surface area (Å²) in [7, 11) is 0. The minimum absolute atomic E-state index is 0.518. The van der Waals surface area contributed by atoms with Crippen LogP contribution in [0.1, 0.15) is 72.1 Å². The van der Waals surface area contributed by atoms with Gasteiger partial charge in [0, 0.05) is 12.6 Å². The van der Waals surface area contributed by atoms with Gasteiger partial charge in [-0.1, -0.05) is 40.0 Å². The monoisotopic (exact) mass is 269 g/mol. The Kier molecular flexibility index (Phi) is 6.84. The molecule has 0 amide bonds. The second-order valence-electron chi connectivity index (χ2n) is 6.11. The van der Waals surface area contributed by atoms with Gasteiger partial charge in [0.05, 0.1) is 5.41 Å². The van der Waals surface area contributed by atoms with Crippen molar-refractivity contribution in [2.24, 2.45) is 11.3 Å². The molecule has 0 heterocycles. The summed E-state index contributed by atoms with van der Waals surface area (Å²) in [6, 6.07) is 0.518. The molecule has 1 aliphatic rings. The first-order valence-electron chi connectivity index (χ1n) is 8.06. The second-order valence-corrected chi connectivity index (χ2v) is 6.11. The van der Waals surface area contributed by atoms with Crippen molar-refractivity contribution in [1.82, 2.24) is 5.32 Å². The van der Waals surface area contributed by atoms with Crippen LogP contribution in [0, 0.1) is 11.3 Å². The molecule has 3 nitrogen and oxygen atoms in total. The largest absolute Gasteiger partial charge is 0.481 e. The number of carbonyl (C=O) groups is 1. The van der Waals surface area contributed by atoms with E-state index >= 15 is 0 Å². The summed E-state index contributed by atoms with van der Waals surface area (Å²) in [6.07, 6.45) is 9.08. The Morgan fingerprint density at radius 3 is 2.26 bits per heavy atom. The van der Waals surface area contributed by atoms with Crippen molar-refractivity contribution in [3.05, 3.63) is 0 Å². The van der Waals surface area contributed by atoms with Crippen LogP contribution in [0.2, 0.25) is 0 Å². The van der Waals surface area contributed by atoms with Crippen LogP contribution in [0.5, 0.6) is 0 Å². The predicted molar refractivity (Wildman–Crippen MR) is 79.3 cm³/mol. The van der Waals surface area contributed by atoms with Crippen molar-refractivity contribution in [2.75, 3.05) is 6.54 Å². The van der Waals surface area contributed by atoms with Crippen LogP contribution in [-0.2, 0) is 4.79 Å². The van der Waals surface area contributed by atoms with Gasteiger partial charge in [-0.05, 0) is 38.0 Å². The van der Waals surface area contributed by atoms with Crippen molar-refractivity contribution in [2.45, 2.75) is 78.2 Å². The lowest BCUT2D eigenvalue weighted by molar-refractivity contribution is -0.149. The molecule has 0 radical (unpaired) electrons. The Labute approximate surface area is 118 Å². The van der Waals surface area contributed by atoms with E-state index in [1.807, 2.05) is 13.8 Å². The number of aliphatic carboxylic acids is 1. The minimum atomic E-state index is -0.647. The first-order chi connectivity index (χ1) is 9.09. The normalized spacial score (nSPS) is 18.7. The number of hydrogen-bond donors (Lipinski definition) is 2. The second kappa shape index (κ2) is 7.88. The van der Waals surface area contributed by atoms with Crippen molar-refractivity contribution in [1.29, 1.82) is 0 Å². The number of hydrogen-bond acceptors (Lipinski definition) is 2. The minimum Gasteiger partial charge on any atom is -0.481 e. The molecule has 0 aliphatic heterocycles. The van der Waals surface area contributed by atoms with Crippen molar-refractivity contribution in [3.63, 3.8) is 0 Å². The zero-order chi connectivity index (χ0) is 14.3. The molecule has 112 valence electrons. The Balaban J connectivity index is 2.60. The van der Waals surface area contributed by atoms with Crippen molar-refractivity contribution >= 4 is 5.97 Å². The van der Waals surface area contributed by atoms with Gasteiger partial charge in [0.15, 0.2) is 0 Å². The number of nitrogens with one attached hydrogen (secondary N) is 1. The maximum atomic E-state index is 11.5. The van der Waals surface area contributed by atoms with E-state index in [0.717, 1.165) is 5.92 Å². The molecule has 0 aromatic heterocycles. The van der Waals surface area contributed by atoms with E-state index in [0.29, 0.717) is 25.4 Å². The van der Waals surface area contributed by atoms with Gasteiger partial charge in [-0.25, -0.2) is 0 Å². The number of carboxylic acids is 1. The van der Waals surface area contributed by atoms with Crippen molar-refractivity contribution in [3.8, 4) is 0 Å². The van der Waals surface area contributed by atoms with E-state index in [1.54, 1.807) is 0 Å². The van der Waals surface area contributed by atoms with Crippen LogP contribution >= 0.6 is 0 Å². The SMILES string of the molecule is CCCC(NCC(CC)(CC)C(=O)O)C1CCCC1. The van der Waals surface area contributed by atoms with Gasteiger partial charge in [0.2, 0.25) is 0 Å². The van der Waals surface area contributed by atoms with Gasteiger partial charge in [-0.2, -0.15) is 0 Å².